The molecule has 4 rings (SSSR count). The van der Waals surface area contributed by atoms with Crippen LogP contribution in [0.15, 0.2) is 79.1 Å². The van der Waals surface area contributed by atoms with E-state index in [0.29, 0.717) is 22.5 Å². The first-order valence-electron chi connectivity index (χ1n) is 7.96. The molecule has 2 aromatic heterocycles. The second-order valence-corrected chi connectivity index (χ2v) is 5.61. The van der Waals surface area contributed by atoms with Gasteiger partial charge in [0.1, 0.15) is 17.2 Å². The number of aromatic nitrogens is 4. The molecule has 0 saturated carbocycles. The normalized spacial score (nSPS) is 10.7. The standard InChI is InChI=1S/C20H13FN4O/c21-17-8-6-14(7-9-17)18-19(15-10-12-22-13-11-15)25(24-23-18)20(26)16-4-2-1-3-5-16/h1-13H. The van der Waals surface area contributed by atoms with Crippen LogP contribution in [0.3, 0.4) is 0 Å². The Morgan fingerprint density at radius 1 is 0.846 bits per heavy atom. The molecule has 126 valence electrons. The van der Waals surface area contributed by atoms with Crippen molar-refractivity contribution in [1.82, 2.24) is 20.0 Å². The summed E-state index contributed by atoms with van der Waals surface area (Å²) in [6.07, 6.45) is 3.27. The molecular weight excluding hydrogens is 331 g/mol. The summed E-state index contributed by atoms with van der Waals surface area (Å²) in [6.45, 7) is 0. The molecule has 0 bridgehead atoms. The largest absolute Gasteiger partial charge is 0.280 e. The number of rotatable bonds is 3. The molecule has 2 aromatic carbocycles. The first-order valence-corrected chi connectivity index (χ1v) is 7.96. The Balaban J connectivity index is 1.90. The summed E-state index contributed by atoms with van der Waals surface area (Å²) < 4.78 is 14.5. The predicted octanol–water partition coefficient (Wildman–Crippen LogP) is 3.83. The van der Waals surface area contributed by atoms with Gasteiger partial charge in [0.25, 0.3) is 5.91 Å². The number of nitrogens with zero attached hydrogens (tertiary/aromatic N) is 4. The first-order chi connectivity index (χ1) is 12.7. The first kappa shape index (κ1) is 15.8. The van der Waals surface area contributed by atoms with E-state index < -0.39 is 0 Å². The highest BCUT2D eigenvalue weighted by Crippen LogP contribution is 2.30. The molecule has 2 heterocycles. The zero-order valence-electron chi connectivity index (χ0n) is 13.6. The van der Waals surface area contributed by atoms with E-state index in [0.717, 1.165) is 5.56 Å². The number of carbonyl (C=O) groups excluding carboxylic acids is 1. The average Bonchev–Trinajstić information content (AvgIpc) is 3.14. The van der Waals surface area contributed by atoms with E-state index in [4.69, 9.17) is 0 Å². The molecule has 0 aliphatic rings. The van der Waals surface area contributed by atoms with Gasteiger partial charge in [0.05, 0.1) is 0 Å². The topological polar surface area (TPSA) is 60.7 Å². The van der Waals surface area contributed by atoms with Crippen molar-refractivity contribution in [2.75, 3.05) is 0 Å². The van der Waals surface area contributed by atoms with Gasteiger partial charge in [0, 0.05) is 29.1 Å². The quantitative estimate of drug-likeness (QED) is 0.567. The highest BCUT2D eigenvalue weighted by Gasteiger charge is 2.21. The molecule has 26 heavy (non-hydrogen) atoms. The smallest absolute Gasteiger partial charge is 0.267 e. The molecule has 0 aliphatic heterocycles. The van der Waals surface area contributed by atoms with Gasteiger partial charge >= 0.3 is 0 Å². The minimum atomic E-state index is -0.341. The predicted molar refractivity (Wildman–Crippen MR) is 94.8 cm³/mol. The second-order valence-electron chi connectivity index (χ2n) is 5.61. The van der Waals surface area contributed by atoms with E-state index in [2.05, 4.69) is 15.3 Å². The molecular formula is C20H13FN4O. The van der Waals surface area contributed by atoms with Crippen molar-refractivity contribution in [2.24, 2.45) is 0 Å². The molecule has 6 heteroatoms. The fourth-order valence-corrected chi connectivity index (χ4v) is 2.70. The maximum absolute atomic E-state index is 13.3. The van der Waals surface area contributed by atoms with Crippen LogP contribution < -0.4 is 0 Å². The van der Waals surface area contributed by atoms with E-state index in [1.165, 1.54) is 16.8 Å². The van der Waals surface area contributed by atoms with E-state index in [1.807, 2.05) is 6.07 Å². The van der Waals surface area contributed by atoms with Gasteiger partial charge in [-0.1, -0.05) is 23.4 Å². The molecule has 0 radical (unpaired) electrons. The van der Waals surface area contributed by atoms with Gasteiger partial charge in [-0.3, -0.25) is 9.78 Å². The highest BCUT2D eigenvalue weighted by atomic mass is 19.1. The van der Waals surface area contributed by atoms with Crippen LogP contribution in [-0.4, -0.2) is 25.9 Å². The van der Waals surface area contributed by atoms with Gasteiger partial charge in [-0.05, 0) is 48.5 Å². The van der Waals surface area contributed by atoms with Crippen LogP contribution in [0.5, 0.6) is 0 Å². The summed E-state index contributed by atoms with van der Waals surface area (Å²) in [5.41, 5.74) is 2.95. The van der Waals surface area contributed by atoms with Crippen molar-refractivity contribution < 1.29 is 9.18 Å². The maximum atomic E-state index is 13.3. The molecule has 0 saturated heterocycles. The summed E-state index contributed by atoms with van der Waals surface area (Å²) >= 11 is 0. The van der Waals surface area contributed by atoms with Crippen molar-refractivity contribution in [3.63, 3.8) is 0 Å². The Morgan fingerprint density at radius 2 is 1.54 bits per heavy atom. The van der Waals surface area contributed by atoms with Gasteiger partial charge in [-0.2, -0.15) is 4.68 Å². The van der Waals surface area contributed by atoms with Gasteiger partial charge in [0.2, 0.25) is 0 Å². The molecule has 0 fully saturated rings. The van der Waals surface area contributed by atoms with Crippen molar-refractivity contribution in [1.29, 1.82) is 0 Å². The number of halogens is 1. The van der Waals surface area contributed by atoms with Crippen LogP contribution in [0, 0.1) is 5.82 Å². The van der Waals surface area contributed by atoms with Crippen molar-refractivity contribution in [3.05, 3.63) is 90.5 Å². The van der Waals surface area contributed by atoms with Crippen LogP contribution in [0.25, 0.3) is 22.5 Å². The van der Waals surface area contributed by atoms with E-state index in [1.54, 1.807) is 60.9 Å². The van der Waals surface area contributed by atoms with Gasteiger partial charge in [-0.15, -0.1) is 5.10 Å². The monoisotopic (exact) mass is 344 g/mol. The van der Waals surface area contributed by atoms with Crippen molar-refractivity contribution in [3.8, 4) is 22.5 Å². The lowest BCUT2D eigenvalue weighted by Crippen LogP contribution is -2.15. The Kier molecular flexibility index (Phi) is 4.07. The maximum Gasteiger partial charge on any atom is 0.280 e. The number of benzene rings is 2. The van der Waals surface area contributed by atoms with Gasteiger partial charge in [0.15, 0.2) is 0 Å². The molecule has 0 spiro atoms. The highest BCUT2D eigenvalue weighted by molar-refractivity contribution is 5.99. The van der Waals surface area contributed by atoms with Crippen LogP contribution in [0.1, 0.15) is 10.4 Å². The van der Waals surface area contributed by atoms with Crippen LogP contribution >= 0.6 is 0 Å². The zero-order valence-corrected chi connectivity index (χ0v) is 13.6. The summed E-state index contributed by atoms with van der Waals surface area (Å²) in [7, 11) is 0. The summed E-state index contributed by atoms with van der Waals surface area (Å²) in [5, 5.41) is 8.26. The molecule has 4 aromatic rings. The lowest BCUT2D eigenvalue weighted by molar-refractivity contribution is 0.0945. The van der Waals surface area contributed by atoms with Crippen molar-refractivity contribution >= 4 is 5.91 Å². The molecule has 0 atom stereocenters. The van der Waals surface area contributed by atoms with Crippen LogP contribution in [-0.2, 0) is 0 Å². The molecule has 5 nitrogen and oxygen atoms in total. The van der Waals surface area contributed by atoms with Gasteiger partial charge < -0.3 is 0 Å². The Bertz CT molecular complexity index is 1040. The lowest BCUT2D eigenvalue weighted by atomic mass is 10.1. The minimum Gasteiger partial charge on any atom is -0.267 e. The van der Waals surface area contributed by atoms with Gasteiger partial charge in [-0.25, -0.2) is 4.39 Å². The zero-order chi connectivity index (χ0) is 17.9. The summed E-state index contributed by atoms with van der Waals surface area (Å²) in [5.74, 6) is -0.634. The Morgan fingerprint density at radius 3 is 2.23 bits per heavy atom. The third-order valence-corrected chi connectivity index (χ3v) is 3.95. The fourth-order valence-electron chi connectivity index (χ4n) is 2.70. The third-order valence-electron chi connectivity index (χ3n) is 3.95. The molecule has 0 N–H and O–H groups in total. The SMILES string of the molecule is O=C(c1ccccc1)n1nnc(-c2ccc(F)cc2)c1-c1ccncc1. The van der Waals surface area contributed by atoms with E-state index in [9.17, 15) is 9.18 Å². The lowest BCUT2D eigenvalue weighted by Gasteiger charge is -2.07. The van der Waals surface area contributed by atoms with Crippen molar-refractivity contribution in [2.45, 2.75) is 0 Å². The average molecular weight is 344 g/mol. The van der Waals surface area contributed by atoms with Crippen LogP contribution in [0.4, 0.5) is 4.39 Å². The van der Waals surface area contributed by atoms with E-state index >= 15 is 0 Å². The number of pyridine rings is 1. The third kappa shape index (κ3) is 2.88. The number of hydrogen-bond donors (Lipinski definition) is 0. The summed E-state index contributed by atoms with van der Waals surface area (Å²) in [4.78, 5) is 16.9. The number of carbonyl (C=O) groups is 1. The Labute approximate surface area is 148 Å². The number of hydrogen-bond acceptors (Lipinski definition) is 4. The van der Waals surface area contributed by atoms with E-state index in [-0.39, 0.29) is 11.7 Å². The van der Waals surface area contributed by atoms with Crippen LogP contribution in [0.2, 0.25) is 0 Å². The fraction of sp³-hybridized carbons (Fsp3) is 0. The molecule has 0 amide bonds. The molecule has 0 aliphatic carbocycles. The minimum absolute atomic E-state index is 0.293. The Hall–Kier alpha value is -3.67. The second kappa shape index (κ2) is 6.68. The molecule has 0 unspecified atom stereocenters. The summed E-state index contributed by atoms with van der Waals surface area (Å²) in [6, 6.07) is 18.3.